The first-order chi connectivity index (χ1) is 7.56. The van der Waals surface area contributed by atoms with E-state index in [1.807, 2.05) is 24.9 Å². The van der Waals surface area contributed by atoms with E-state index in [9.17, 15) is 4.79 Å². The molecule has 1 aromatic rings. The molecule has 90 valence electrons. The maximum Gasteiger partial charge on any atom is 0.320 e. The van der Waals surface area contributed by atoms with Crippen LogP contribution in [0.3, 0.4) is 0 Å². The number of nitrogens with one attached hydrogen (secondary N) is 1. The van der Waals surface area contributed by atoms with Crippen LogP contribution < -0.4 is 5.32 Å². The second-order valence-electron chi connectivity index (χ2n) is 3.50. The van der Waals surface area contributed by atoms with Gasteiger partial charge in [0.05, 0.1) is 13.3 Å². The number of aromatic nitrogens is 2. The molecule has 0 saturated heterocycles. The van der Waals surface area contributed by atoms with Crippen molar-refractivity contribution in [3.05, 3.63) is 17.5 Å². The summed E-state index contributed by atoms with van der Waals surface area (Å²) in [5.74, 6) is -0.268. The lowest BCUT2D eigenvalue weighted by Gasteiger charge is -2.08. The Morgan fingerprint density at radius 2 is 2.44 bits per heavy atom. The lowest BCUT2D eigenvalue weighted by atomic mass is 10.2. The molecule has 0 spiro atoms. The van der Waals surface area contributed by atoms with Crippen LogP contribution in [0.15, 0.2) is 6.20 Å². The topological polar surface area (TPSA) is 56.1 Å². The first kappa shape index (κ1) is 13.2. The molecule has 1 heterocycles. The van der Waals surface area contributed by atoms with Crippen LogP contribution in [0, 0.1) is 6.92 Å². The Balaban J connectivity index is 2.36. The van der Waals surface area contributed by atoms with E-state index in [-0.39, 0.29) is 10.8 Å². The standard InChI is InChI=1S/C10H16BrN3O2/c1-7-8(5-13-14(7)2)4-12-6-9(11)10(15)16-3/h5,9,12H,4,6H2,1-3H3. The van der Waals surface area contributed by atoms with Gasteiger partial charge in [-0.25, -0.2) is 0 Å². The second-order valence-corrected chi connectivity index (χ2v) is 4.61. The van der Waals surface area contributed by atoms with Gasteiger partial charge in [-0.2, -0.15) is 5.10 Å². The third-order valence-electron chi connectivity index (χ3n) is 2.43. The molecule has 0 bridgehead atoms. The second kappa shape index (κ2) is 6.00. The molecule has 1 N–H and O–H groups in total. The highest BCUT2D eigenvalue weighted by molar-refractivity contribution is 9.10. The molecule has 0 amide bonds. The number of esters is 1. The van der Waals surface area contributed by atoms with E-state index in [0.717, 1.165) is 11.3 Å². The number of nitrogens with zero attached hydrogens (tertiary/aromatic N) is 2. The number of ether oxygens (including phenoxy) is 1. The Hall–Kier alpha value is -0.880. The summed E-state index contributed by atoms with van der Waals surface area (Å²) in [7, 11) is 3.28. The Labute approximate surface area is 103 Å². The summed E-state index contributed by atoms with van der Waals surface area (Å²) in [5.41, 5.74) is 2.25. The minimum atomic E-state index is -0.311. The highest BCUT2D eigenvalue weighted by atomic mass is 79.9. The smallest absolute Gasteiger partial charge is 0.320 e. The molecule has 0 aliphatic heterocycles. The molecular formula is C10H16BrN3O2. The molecule has 0 aliphatic carbocycles. The van der Waals surface area contributed by atoms with Crippen molar-refractivity contribution < 1.29 is 9.53 Å². The number of carbonyl (C=O) groups is 1. The highest BCUT2D eigenvalue weighted by Gasteiger charge is 2.14. The summed E-state index contributed by atoms with van der Waals surface area (Å²) in [4.78, 5) is 10.8. The quantitative estimate of drug-likeness (QED) is 0.642. The van der Waals surface area contributed by atoms with Gasteiger partial charge in [0.15, 0.2) is 0 Å². The van der Waals surface area contributed by atoms with E-state index in [2.05, 4.69) is 31.1 Å². The molecule has 0 saturated carbocycles. The van der Waals surface area contributed by atoms with Crippen LogP contribution in [-0.4, -0.2) is 34.2 Å². The highest BCUT2D eigenvalue weighted by Crippen LogP contribution is 2.05. The van der Waals surface area contributed by atoms with Crippen molar-refractivity contribution in [1.29, 1.82) is 0 Å². The number of carbonyl (C=O) groups excluding carboxylic acids is 1. The fourth-order valence-corrected chi connectivity index (χ4v) is 1.68. The SMILES string of the molecule is COC(=O)C(Br)CNCc1cnn(C)c1C. The van der Waals surface area contributed by atoms with Crippen LogP contribution >= 0.6 is 15.9 Å². The van der Waals surface area contributed by atoms with Crippen LogP contribution in [0.25, 0.3) is 0 Å². The van der Waals surface area contributed by atoms with E-state index < -0.39 is 0 Å². The monoisotopic (exact) mass is 289 g/mol. The molecule has 1 atom stereocenters. The van der Waals surface area contributed by atoms with E-state index >= 15 is 0 Å². The summed E-state index contributed by atoms with van der Waals surface area (Å²) >= 11 is 3.24. The van der Waals surface area contributed by atoms with Crippen LogP contribution in [-0.2, 0) is 23.1 Å². The van der Waals surface area contributed by atoms with Crippen LogP contribution in [0.1, 0.15) is 11.3 Å². The molecule has 1 unspecified atom stereocenters. The molecule has 0 aromatic carbocycles. The van der Waals surface area contributed by atoms with Gasteiger partial charge in [-0.15, -0.1) is 0 Å². The lowest BCUT2D eigenvalue weighted by Crippen LogP contribution is -2.29. The van der Waals surface area contributed by atoms with E-state index in [1.54, 1.807) is 0 Å². The third kappa shape index (κ3) is 3.31. The number of methoxy groups -OCH3 is 1. The van der Waals surface area contributed by atoms with Crippen molar-refractivity contribution in [1.82, 2.24) is 15.1 Å². The number of rotatable bonds is 5. The first-order valence-corrected chi connectivity index (χ1v) is 5.88. The maximum absolute atomic E-state index is 11.1. The molecule has 0 fully saturated rings. The summed E-state index contributed by atoms with van der Waals surface area (Å²) < 4.78 is 6.42. The van der Waals surface area contributed by atoms with Crippen molar-refractivity contribution in [3.63, 3.8) is 0 Å². The number of alkyl halides is 1. The van der Waals surface area contributed by atoms with Crippen LogP contribution in [0.2, 0.25) is 0 Å². The van der Waals surface area contributed by atoms with Gasteiger partial charge in [0.25, 0.3) is 0 Å². The van der Waals surface area contributed by atoms with Crippen molar-refractivity contribution in [2.75, 3.05) is 13.7 Å². The van der Waals surface area contributed by atoms with E-state index in [1.165, 1.54) is 7.11 Å². The summed E-state index contributed by atoms with van der Waals surface area (Å²) in [6.45, 7) is 3.23. The number of hydrogen-bond donors (Lipinski definition) is 1. The molecule has 5 nitrogen and oxygen atoms in total. The summed E-state index contributed by atoms with van der Waals surface area (Å²) in [6.07, 6.45) is 1.82. The Morgan fingerprint density at radius 3 is 2.94 bits per heavy atom. The zero-order valence-corrected chi connectivity index (χ0v) is 11.2. The van der Waals surface area contributed by atoms with Gasteiger partial charge in [-0.3, -0.25) is 9.48 Å². The summed E-state index contributed by atoms with van der Waals surface area (Å²) in [5, 5.41) is 7.31. The normalized spacial score (nSPS) is 12.5. The van der Waals surface area contributed by atoms with Crippen molar-refractivity contribution >= 4 is 21.9 Å². The largest absolute Gasteiger partial charge is 0.468 e. The molecule has 0 aliphatic rings. The molecule has 1 rings (SSSR count). The Kier molecular flexibility index (Phi) is 4.95. The average Bonchev–Trinajstić information content (AvgIpc) is 2.59. The zero-order valence-electron chi connectivity index (χ0n) is 9.66. The first-order valence-electron chi connectivity index (χ1n) is 4.96. The fourth-order valence-electron chi connectivity index (χ4n) is 1.26. The minimum absolute atomic E-state index is 0.268. The Morgan fingerprint density at radius 1 is 1.75 bits per heavy atom. The predicted octanol–water partition coefficient (Wildman–Crippen LogP) is 0.755. The van der Waals surface area contributed by atoms with Gasteiger partial charge in [0.1, 0.15) is 4.83 Å². The third-order valence-corrected chi connectivity index (χ3v) is 3.13. The molecule has 6 heteroatoms. The maximum atomic E-state index is 11.1. The van der Waals surface area contributed by atoms with Gasteiger partial charge in [-0.1, -0.05) is 15.9 Å². The number of aryl methyl sites for hydroxylation is 1. The Bertz CT molecular complexity index is 365. The van der Waals surface area contributed by atoms with Gasteiger partial charge >= 0.3 is 5.97 Å². The molecule has 16 heavy (non-hydrogen) atoms. The minimum Gasteiger partial charge on any atom is -0.468 e. The van der Waals surface area contributed by atoms with Gasteiger partial charge < -0.3 is 10.1 Å². The molecule has 1 aromatic heterocycles. The molecular weight excluding hydrogens is 274 g/mol. The van der Waals surface area contributed by atoms with Gasteiger partial charge in [0.2, 0.25) is 0 Å². The number of hydrogen-bond acceptors (Lipinski definition) is 4. The van der Waals surface area contributed by atoms with Gasteiger partial charge in [0, 0.05) is 31.4 Å². The van der Waals surface area contributed by atoms with E-state index in [4.69, 9.17) is 0 Å². The van der Waals surface area contributed by atoms with Crippen molar-refractivity contribution in [2.45, 2.75) is 18.3 Å². The van der Waals surface area contributed by atoms with Crippen LogP contribution in [0.4, 0.5) is 0 Å². The van der Waals surface area contributed by atoms with Crippen molar-refractivity contribution in [3.8, 4) is 0 Å². The van der Waals surface area contributed by atoms with Crippen molar-refractivity contribution in [2.24, 2.45) is 7.05 Å². The number of halogens is 1. The summed E-state index contributed by atoms with van der Waals surface area (Å²) in [6, 6.07) is 0. The van der Waals surface area contributed by atoms with E-state index in [0.29, 0.717) is 13.1 Å². The fraction of sp³-hybridized carbons (Fsp3) is 0.600. The van der Waals surface area contributed by atoms with Gasteiger partial charge in [-0.05, 0) is 6.92 Å². The lowest BCUT2D eigenvalue weighted by molar-refractivity contribution is -0.139. The average molecular weight is 290 g/mol. The molecule has 0 radical (unpaired) electrons. The predicted molar refractivity (Wildman–Crippen MR) is 64.4 cm³/mol. The zero-order chi connectivity index (χ0) is 12.1. The van der Waals surface area contributed by atoms with Crippen LogP contribution in [0.5, 0.6) is 0 Å².